The summed E-state index contributed by atoms with van der Waals surface area (Å²) in [5.74, 6) is 0.690. The van der Waals surface area contributed by atoms with Gasteiger partial charge in [-0.15, -0.1) is 6.58 Å². The van der Waals surface area contributed by atoms with Crippen LogP contribution in [0.2, 0.25) is 0 Å². The maximum atomic E-state index is 14.1. The second-order valence-corrected chi connectivity index (χ2v) is 16.9. The van der Waals surface area contributed by atoms with Crippen LogP contribution in [0.4, 0.5) is 0 Å². The number of oxime groups is 1. The summed E-state index contributed by atoms with van der Waals surface area (Å²) >= 11 is 0. The first-order chi connectivity index (χ1) is 28.9. The van der Waals surface area contributed by atoms with Crippen molar-refractivity contribution in [2.75, 3.05) is 33.5 Å². The smallest absolute Gasteiger partial charge is 0.239 e. The second-order valence-electron chi connectivity index (χ2n) is 16.9. The average molecular weight is 805 g/mol. The van der Waals surface area contributed by atoms with Gasteiger partial charge in [0.2, 0.25) is 18.0 Å². The van der Waals surface area contributed by atoms with Gasteiger partial charge in [0, 0.05) is 50.5 Å². The molecule has 3 aromatic carbocycles. The Balaban J connectivity index is 1.25. The molecule has 314 valence electrons. The Morgan fingerprint density at radius 2 is 1.68 bits per heavy atom. The van der Waals surface area contributed by atoms with E-state index in [1.54, 1.807) is 6.08 Å². The maximum Gasteiger partial charge on any atom is 0.239 e. The van der Waals surface area contributed by atoms with Crippen molar-refractivity contribution in [1.29, 1.82) is 0 Å². The van der Waals surface area contributed by atoms with Crippen LogP contribution in [0.25, 0.3) is 11.1 Å². The molecular weight excluding hydrogens is 745 g/mol. The van der Waals surface area contributed by atoms with E-state index in [0.717, 1.165) is 91.5 Å². The summed E-state index contributed by atoms with van der Waals surface area (Å²) in [5.41, 5.74) is 5.07. The molecule has 3 aliphatic carbocycles. The molecule has 2 N–H and O–H groups in total. The lowest BCUT2D eigenvalue weighted by atomic mass is 9.55. The summed E-state index contributed by atoms with van der Waals surface area (Å²) in [6.45, 7) is 5.15. The van der Waals surface area contributed by atoms with Gasteiger partial charge in [-0.05, 0) is 110 Å². The van der Waals surface area contributed by atoms with E-state index in [1.807, 2.05) is 54.4 Å². The molecule has 7 unspecified atom stereocenters. The number of allylic oxidation sites excluding steroid dienone is 1. The van der Waals surface area contributed by atoms with E-state index in [0.29, 0.717) is 37.4 Å². The van der Waals surface area contributed by atoms with Crippen molar-refractivity contribution >= 4 is 11.6 Å². The fraction of sp³-hybridized carbons (Fsp3) is 0.510. The third kappa shape index (κ3) is 8.87. The van der Waals surface area contributed by atoms with Crippen LogP contribution in [0, 0.1) is 23.7 Å². The first kappa shape index (κ1) is 41.3. The number of aliphatic hydroxyl groups excluding tert-OH is 2. The van der Waals surface area contributed by atoms with Gasteiger partial charge < -0.3 is 38.9 Å². The summed E-state index contributed by atoms with van der Waals surface area (Å²) in [6.07, 6.45) is 13.4. The number of likely N-dealkylation sites (N-methyl/N-ethyl adjacent to an activating group) is 1. The Labute approximate surface area is 348 Å². The molecule has 1 amide bonds. The molecule has 8 rings (SSSR count). The highest BCUT2D eigenvalue weighted by Crippen LogP contribution is 2.62. The predicted octanol–water partition coefficient (Wildman–Crippen LogP) is 9.17. The lowest BCUT2D eigenvalue weighted by molar-refractivity contribution is -0.256. The fourth-order valence-corrected chi connectivity index (χ4v) is 9.96. The zero-order valence-corrected chi connectivity index (χ0v) is 34.4. The molecule has 2 heterocycles. The molecule has 2 aliphatic heterocycles. The van der Waals surface area contributed by atoms with E-state index in [-0.39, 0.29) is 55.3 Å². The number of carbonyl (C=O) groups is 1. The molecule has 3 fully saturated rings. The minimum atomic E-state index is -1.27. The largest absolute Gasteiger partial charge is 0.459 e. The van der Waals surface area contributed by atoms with Crippen LogP contribution in [-0.2, 0) is 19.1 Å². The SMILES string of the molecule is C=CCOC12Oc3ccc(Oc4ccc(-c5ccccc5)cc4)cc3C3C(CCCCO)C(CCCCO)C=C(C(=NOC4CCCCO4)CC1N(C)C(=O)C1CC1)C32. The summed E-state index contributed by atoms with van der Waals surface area (Å²) < 4.78 is 26.9. The van der Waals surface area contributed by atoms with Gasteiger partial charge in [-0.1, -0.05) is 72.6 Å². The Morgan fingerprint density at radius 1 is 0.932 bits per heavy atom. The molecule has 0 aromatic heterocycles. The van der Waals surface area contributed by atoms with E-state index < -0.39 is 18.1 Å². The molecule has 0 spiro atoms. The molecule has 59 heavy (non-hydrogen) atoms. The number of fused-ring (bicyclic) bond motifs is 2. The quantitative estimate of drug-likeness (QED) is 0.0743. The van der Waals surface area contributed by atoms with Crippen molar-refractivity contribution < 1.29 is 38.8 Å². The van der Waals surface area contributed by atoms with E-state index in [4.69, 9.17) is 28.9 Å². The molecule has 1 saturated heterocycles. The minimum absolute atomic E-state index is 0.0118. The molecule has 2 saturated carbocycles. The Bertz CT molecular complexity index is 1960. The average Bonchev–Trinajstić information content (AvgIpc) is 4.13. The highest BCUT2D eigenvalue weighted by Gasteiger charge is 2.65. The predicted molar refractivity (Wildman–Crippen MR) is 227 cm³/mol. The van der Waals surface area contributed by atoms with Gasteiger partial charge >= 0.3 is 0 Å². The Morgan fingerprint density at radius 3 is 2.39 bits per heavy atom. The number of rotatable bonds is 18. The van der Waals surface area contributed by atoms with Crippen molar-refractivity contribution in [2.45, 2.75) is 101 Å². The topological polar surface area (TPSA) is 119 Å². The van der Waals surface area contributed by atoms with Crippen molar-refractivity contribution in [3.63, 3.8) is 0 Å². The van der Waals surface area contributed by atoms with Crippen molar-refractivity contribution in [3.05, 3.63) is 103 Å². The number of benzene rings is 3. The molecule has 3 aromatic rings. The normalized spacial score (nSPS) is 27.8. The Kier molecular flexibility index (Phi) is 13.2. The lowest BCUT2D eigenvalue weighted by Gasteiger charge is -2.59. The number of ether oxygens (including phenoxy) is 4. The first-order valence-electron chi connectivity index (χ1n) is 21.9. The third-order valence-corrected chi connectivity index (χ3v) is 13.0. The van der Waals surface area contributed by atoms with E-state index in [1.165, 1.54) is 0 Å². The standard InChI is InChI=1S/C49H60N2O8/c1-3-28-56-49-44(51(2)48(54)35-18-19-35)32-42(50-59-45-17-9-12-29-55-45)40-30-36(15-7-10-26-52)39(16-8-11-27-53)46(47(40)49)41-31-38(24-25-43(41)58-49)57-37-22-20-34(21-23-37)33-13-5-4-6-14-33/h3-6,13-14,20-25,30-31,35-36,39,44-47,52-53H,1,7-12,15-19,26-29,32H2,2H3. The van der Waals surface area contributed by atoms with Gasteiger partial charge in [-0.3, -0.25) is 4.79 Å². The van der Waals surface area contributed by atoms with Crippen LogP contribution in [0.15, 0.2) is 102 Å². The highest BCUT2D eigenvalue weighted by molar-refractivity contribution is 6.03. The van der Waals surface area contributed by atoms with Gasteiger partial charge in [0.1, 0.15) is 23.3 Å². The lowest BCUT2D eigenvalue weighted by Crippen LogP contribution is -2.69. The number of amides is 1. The van der Waals surface area contributed by atoms with Crippen molar-refractivity contribution in [1.82, 2.24) is 4.90 Å². The molecular formula is C49H60N2O8. The molecule has 0 radical (unpaired) electrons. The van der Waals surface area contributed by atoms with Crippen LogP contribution in [0.5, 0.6) is 17.2 Å². The van der Waals surface area contributed by atoms with Gasteiger partial charge in [-0.2, -0.15) is 0 Å². The van der Waals surface area contributed by atoms with E-state index in [2.05, 4.69) is 43.0 Å². The molecule has 10 heteroatoms. The zero-order chi connectivity index (χ0) is 40.8. The zero-order valence-electron chi connectivity index (χ0n) is 34.4. The van der Waals surface area contributed by atoms with Crippen molar-refractivity contribution in [3.8, 4) is 28.4 Å². The van der Waals surface area contributed by atoms with E-state index >= 15 is 0 Å². The summed E-state index contributed by atoms with van der Waals surface area (Å²) in [4.78, 5) is 22.2. The van der Waals surface area contributed by atoms with Gasteiger partial charge in [0.25, 0.3) is 0 Å². The fourth-order valence-electron chi connectivity index (χ4n) is 9.96. The van der Waals surface area contributed by atoms with Crippen LogP contribution in [0.3, 0.4) is 0 Å². The third-order valence-electron chi connectivity index (χ3n) is 13.0. The van der Waals surface area contributed by atoms with Crippen molar-refractivity contribution in [2.24, 2.45) is 28.8 Å². The second kappa shape index (κ2) is 18.8. The van der Waals surface area contributed by atoms with E-state index in [9.17, 15) is 15.0 Å². The van der Waals surface area contributed by atoms with Gasteiger partial charge in [-0.25, -0.2) is 0 Å². The summed E-state index contributed by atoms with van der Waals surface area (Å²) in [6, 6.07) is 24.0. The summed E-state index contributed by atoms with van der Waals surface area (Å²) in [7, 11) is 1.88. The number of unbranched alkanes of at least 4 members (excludes halogenated alkanes) is 2. The number of nitrogens with zero attached hydrogens (tertiary/aromatic N) is 2. The number of hydrogen-bond donors (Lipinski definition) is 2. The van der Waals surface area contributed by atoms with Gasteiger partial charge in [0.05, 0.1) is 24.8 Å². The van der Waals surface area contributed by atoms with Crippen LogP contribution < -0.4 is 9.47 Å². The monoisotopic (exact) mass is 804 g/mol. The number of aliphatic hydroxyl groups is 2. The van der Waals surface area contributed by atoms with Crippen LogP contribution >= 0.6 is 0 Å². The van der Waals surface area contributed by atoms with Crippen LogP contribution in [0.1, 0.15) is 88.5 Å². The molecule has 10 nitrogen and oxygen atoms in total. The van der Waals surface area contributed by atoms with Crippen LogP contribution in [-0.4, -0.2) is 78.3 Å². The first-order valence-corrected chi connectivity index (χ1v) is 21.9. The van der Waals surface area contributed by atoms with Gasteiger partial charge in [0.15, 0.2) is 0 Å². The Hall–Kier alpha value is -4.48. The maximum absolute atomic E-state index is 14.1. The molecule has 0 bridgehead atoms. The highest BCUT2D eigenvalue weighted by atomic mass is 16.8. The molecule has 5 aliphatic rings. The molecule has 7 atom stereocenters. The number of hydrogen-bond acceptors (Lipinski definition) is 9. The number of carbonyl (C=O) groups excluding carboxylic acids is 1. The summed E-state index contributed by atoms with van der Waals surface area (Å²) in [5, 5.41) is 24.8. The minimum Gasteiger partial charge on any atom is -0.459 e.